The van der Waals surface area contributed by atoms with E-state index in [1.807, 2.05) is 26.2 Å². The maximum Gasteiger partial charge on any atom is 0.340 e. The molecule has 0 aromatic carbocycles. The molecule has 0 bridgehead atoms. The number of esters is 1. The maximum atomic E-state index is 11.7. The van der Waals surface area contributed by atoms with Crippen LogP contribution in [-0.2, 0) is 18.3 Å². The number of hydrogen-bond acceptors (Lipinski definition) is 5. The third-order valence-electron chi connectivity index (χ3n) is 2.88. The standard InChI is InChI=1S/C13H16N4O2/c1-8-4-10(9-6-15-17(2)7-9)16-11(5-14)12(8)13(18)19-3/h4,6-7H,5,14H2,1-3H3. The Labute approximate surface area is 111 Å². The second kappa shape index (κ2) is 5.19. The van der Waals surface area contributed by atoms with Crippen molar-refractivity contribution >= 4 is 5.97 Å². The van der Waals surface area contributed by atoms with Crippen LogP contribution in [0.4, 0.5) is 0 Å². The summed E-state index contributed by atoms with van der Waals surface area (Å²) in [5, 5.41) is 4.11. The number of hydrogen-bond donors (Lipinski definition) is 1. The molecule has 2 aromatic rings. The highest BCUT2D eigenvalue weighted by Gasteiger charge is 2.17. The highest BCUT2D eigenvalue weighted by atomic mass is 16.5. The van der Waals surface area contributed by atoms with Crippen molar-refractivity contribution in [1.29, 1.82) is 0 Å². The van der Waals surface area contributed by atoms with Gasteiger partial charge in [-0.15, -0.1) is 0 Å². The van der Waals surface area contributed by atoms with E-state index in [0.29, 0.717) is 11.3 Å². The summed E-state index contributed by atoms with van der Waals surface area (Å²) in [5.74, 6) is -0.414. The van der Waals surface area contributed by atoms with Gasteiger partial charge < -0.3 is 10.5 Å². The summed E-state index contributed by atoms with van der Waals surface area (Å²) < 4.78 is 6.46. The normalized spacial score (nSPS) is 10.5. The molecule has 19 heavy (non-hydrogen) atoms. The summed E-state index contributed by atoms with van der Waals surface area (Å²) in [4.78, 5) is 16.2. The minimum Gasteiger partial charge on any atom is -0.465 e. The third-order valence-corrected chi connectivity index (χ3v) is 2.88. The molecule has 2 rings (SSSR count). The molecule has 0 saturated heterocycles. The molecule has 0 aliphatic rings. The number of carbonyl (C=O) groups excluding carboxylic acids is 1. The number of ether oxygens (including phenoxy) is 1. The number of aryl methyl sites for hydroxylation is 2. The Kier molecular flexibility index (Phi) is 3.62. The molecule has 0 atom stereocenters. The molecule has 2 heterocycles. The van der Waals surface area contributed by atoms with Crippen LogP contribution in [0.5, 0.6) is 0 Å². The monoisotopic (exact) mass is 260 g/mol. The van der Waals surface area contributed by atoms with E-state index in [4.69, 9.17) is 10.5 Å². The molecule has 2 aromatic heterocycles. The summed E-state index contributed by atoms with van der Waals surface area (Å²) in [7, 11) is 3.18. The topological polar surface area (TPSA) is 83.0 Å². The van der Waals surface area contributed by atoms with Crippen LogP contribution in [0.15, 0.2) is 18.5 Å². The average molecular weight is 260 g/mol. The van der Waals surface area contributed by atoms with E-state index in [-0.39, 0.29) is 6.54 Å². The van der Waals surface area contributed by atoms with Gasteiger partial charge in [0, 0.05) is 25.4 Å². The van der Waals surface area contributed by atoms with E-state index in [2.05, 4.69) is 10.1 Å². The van der Waals surface area contributed by atoms with Crippen LogP contribution < -0.4 is 5.73 Å². The Balaban J connectivity index is 2.56. The number of carbonyl (C=O) groups is 1. The summed E-state index contributed by atoms with van der Waals surface area (Å²) in [6.45, 7) is 2.02. The van der Waals surface area contributed by atoms with Gasteiger partial charge in [0.2, 0.25) is 0 Å². The van der Waals surface area contributed by atoms with E-state index in [1.165, 1.54) is 7.11 Å². The van der Waals surface area contributed by atoms with E-state index in [9.17, 15) is 4.79 Å². The van der Waals surface area contributed by atoms with Crippen LogP contribution >= 0.6 is 0 Å². The second-order valence-corrected chi connectivity index (χ2v) is 4.24. The molecule has 0 aliphatic heterocycles. The molecule has 0 saturated carbocycles. The van der Waals surface area contributed by atoms with Crippen molar-refractivity contribution in [2.75, 3.05) is 7.11 Å². The number of nitrogens with two attached hydrogens (primary N) is 1. The van der Waals surface area contributed by atoms with Crippen molar-refractivity contribution in [3.05, 3.63) is 35.3 Å². The second-order valence-electron chi connectivity index (χ2n) is 4.24. The lowest BCUT2D eigenvalue weighted by atomic mass is 10.0. The zero-order valence-electron chi connectivity index (χ0n) is 11.2. The molecule has 0 amide bonds. The maximum absolute atomic E-state index is 11.7. The number of methoxy groups -OCH3 is 1. The summed E-state index contributed by atoms with van der Waals surface area (Å²) in [5.41, 5.74) is 9.08. The smallest absolute Gasteiger partial charge is 0.340 e. The average Bonchev–Trinajstić information content (AvgIpc) is 2.83. The Morgan fingerprint density at radius 2 is 2.26 bits per heavy atom. The van der Waals surface area contributed by atoms with Crippen molar-refractivity contribution in [2.45, 2.75) is 13.5 Å². The van der Waals surface area contributed by atoms with Crippen molar-refractivity contribution < 1.29 is 9.53 Å². The Hall–Kier alpha value is -2.21. The lowest BCUT2D eigenvalue weighted by molar-refractivity contribution is 0.0598. The van der Waals surface area contributed by atoms with Gasteiger partial charge in [-0.3, -0.25) is 9.67 Å². The molecule has 6 heteroatoms. The predicted octanol–water partition coefficient (Wildman–Crippen LogP) is 1.04. The first kappa shape index (κ1) is 13.2. The first-order valence-electron chi connectivity index (χ1n) is 5.84. The molecule has 6 nitrogen and oxygen atoms in total. The van der Waals surface area contributed by atoms with Gasteiger partial charge in [-0.25, -0.2) is 4.79 Å². The van der Waals surface area contributed by atoms with Crippen LogP contribution in [0.1, 0.15) is 21.6 Å². The number of nitrogens with zero attached hydrogens (tertiary/aromatic N) is 3. The predicted molar refractivity (Wildman–Crippen MR) is 70.4 cm³/mol. The van der Waals surface area contributed by atoms with E-state index in [1.54, 1.807) is 10.9 Å². The molecule has 100 valence electrons. The van der Waals surface area contributed by atoms with Crippen LogP contribution in [-0.4, -0.2) is 27.8 Å². The Morgan fingerprint density at radius 1 is 1.53 bits per heavy atom. The van der Waals surface area contributed by atoms with Crippen molar-refractivity contribution in [3.63, 3.8) is 0 Å². The molecule has 0 spiro atoms. The fraction of sp³-hybridized carbons (Fsp3) is 0.308. The highest BCUT2D eigenvalue weighted by molar-refractivity contribution is 5.92. The van der Waals surface area contributed by atoms with Crippen LogP contribution in [0.3, 0.4) is 0 Å². The zero-order valence-corrected chi connectivity index (χ0v) is 11.2. The quantitative estimate of drug-likeness (QED) is 0.833. The first-order chi connectivity index (χ1) is 9.06. The van der Waals surface area contributed by atoms with Gasteiger partial charge in [0.1, 0.15) is 0 Å². The van der Waals surface area contributed by atoms with Gasteiger partial charge in [0.05, 0.1) is 30.3 Å². The minimum absolute atomic E-state index is 0.180. The lowest BCUT2D eigenvalue weighted by Crippen LogP contribution is -2.13. The number of aromatic nitrogens is 3. The van der Waals surface area contributed by atoms with Crippen LogP contribution in [0.2, 0.25) is 0 Å². The molecule has 2 N–H and O–H groups in total. The Bertz CT molecular complexity index is 619. The van der Waals surface area contributed by atoms with Crippen LogP contribution in [0, 0.1) is 6.92 Å². The first-order valence-corrected chi connectivity index (χ1v) is 5.84. The summed E-state index contributed by atoms with van der Waals surface area (Å²) in [6.07, 6.45) is 3.58. The summed E-state index contributed by atoms with van der Waals surface area (Å²) in [6, 6.07) is 1.84. The fourth-order valence-electron chi connectivity index (χ4n) is 1.97. The van der Waals surface area contributed by atoms with Crippen molar-refractivity contribution in [2.24, 2.45) is 12.8 Å². The highest BCUT2D eigenvalue weighted by Crippen LogP contribution is 2.22. The molecule has 0 unspecified atom stereocenters. The Morgan fingerprint density at radius 3 is 2.79 bits per heavy atom. The van der Waals surface area contributed by atoms with Gasteiger partial charge in [-0.05, 0) is 18.6 Å². The lowest BCUT2D eigenvalue weighted by Gasteiger charge is -2.10. The zero-order chi connectivity index (χ0) is 14.0. The molecular weight excluding hydrogens is 244 g/mol. The molecule has 0 radical (unpaired) electrons. The van der Waals surface area contributed by atoms with Gasteiger partial charge in [0.25, 0.3) is 0 Å². The molecule has 0 fully saturated rings. The molecule has 0 aliphatic carbocycles. The van der Waals surface area contributed by atoms with E-state index < -0.39 is 5.97 Å². The number of rotatable bonds is 3. The SMILES string of the molecule is COC(=O)c1c(C)cc(-c2cnn(C)c2)nc1CN. The van der Waals surface area contributed by atoms with Crippen molar-refractivity contribution in [3.8, 4) is 11.3 Å². The van der Waals surface area contributed by atoms with E-state index in [0.717, 1.165) is 16.8 Å². The van der Waals surface area contributed by atoms with Crippen LogP contribution in [0.25, 0.3) is 11.3 Å². The fourth-order valence-corrected chi connectivity index (χ4v) is 1.97. The molecular formula is C13H16N4O2. The third kappa shape index (κ3) is 2.48. The van der Waals surface area contributed by atoms with Gasteiger partial charge in [-0.2, -0.15) is 5.10 Å². The van der Waals surface area contributed by atoms with E-state index >= 15 is 0 Å². The van der Waals surface area contributed by atoms with Gasteiger partial charge in [-0.1, -0.05) is 0 Å². The minimum atomic E-state index is -0.414. The van der Waals surface area contributed by atoms with Gasteiger partial charge >= 0.3 is 5.97 Å². The largest absolute Gasteiger partial charge is 0.465 e. The number of pyridine rings is 1. The van der Waals surface area contributed by atoms with Gasteiger partial charge in [0.15, 0.2) is 0 Å². The summed E-state index contributed by atoms with van der Waals surface area (Å²) >= 11 is 0. The van der Waals surface area contributed by atoms with Crippen molar-refractivity contribution in [1.82, 2.24) is 14.8 Å².